The van der Waals surface area contributed by atoms with Gasteiger partial charge in [0, 0.05) is 17.9 Å². The topological polar surface area (TPSA) is 107 Å². The van der Waals surface area contributed by atoms with Crippen molar-refractivity contribution < 1.29 is 24.2 Å². The smallest absolute Gasteiger partial charge is 0.334 e. The molecule has 32 heavy (non-hydrogen) atoms. The fourth-order valence-electron chi connectivity index (χ4n) is 3.72. The van der Waals surface area contributed by atoms with Crippen LogP contribution < -0.4 is 5.73 Å². The van der Waals surface area contributed by atoms with Crippen molar-refractivity contribution in [2.45, 2.75) is 116 Å². The number of aliphatic hydroxyl groups excluding tert-OH is 1. The lowest BCUT2D eigenvalue weighted by atomic mass is 9.88. The van der Waals surface area contributed by atoms with Gasteiger partial charge in [0.1, 0.15) is 6.29 Å². The molecule has 0 heterocycles. The van der Waals surface area contributed by atoms with Crippen LogP contribution in [0.15, 0.2) is 24.3 Å². The maximum Gasteiger partial charge on any atom is 0.334 e. The molecule has 0 radical (unpaired) electrons. The minimum absolute atomic E-state index is 0.0411. The van der Waals surface area contributed by atoms with E-state index in [9.17, 15) is 19.5 Å². The predicted octanol–water partition coefficient (Wildman–Crippen LogP) is 5.17. The number of amides is 1. The number of unbranched alkanes of at least 4 members (excludes halogenated alkanes) is 6. The lowest BCUT2D eigenvalue weighted by Gasteiger charge is -2.31. The van der Waals surface area contributed by atoms with Gasteiger partial charge in [-0.25, -0.2) is 4.79 Å². The summed E-state index contributed by atoms with van der Waals surface area (Å²) in [4.78, 5) is 35.5. The van der Waals surface area contributed by atoms with E-state index in [0.717, 1.165) is 51.2 Å². The maximum atomic E-state index is 12.1. The third-order valence-electron chi connectivity index (χ3n) is 5.65. The molecule has 0 aromatic carbocycles. The van der Waals surface area contributed by atoms with E-state index in [4.69, 9.17) is 10.5 Å². The van der Waals surface area contributed by atoms with Crippen molar-refractivity contribution in [3.8, 4) is 0 Å². The number of aldehydes is 1. The second-order valence-electron chi connectivity index (χ2n) is 8.98. The first kappa shape index (κ1) is 30.0. The number of carbonyl (C=O) groups excluding carboxylic acids is 3. The van der Waals surface area contributed by atoms with E-state index in [-0.39, 0.29) is 24.3 Å². The molecular formula is C26H45NO5. The van der Waals surface area contributed by atoms with Crippen LogP contribution in [0.1, 0.15) is 104 Å². The monoisotopic (exact) mass is 451 g/mol. The summed E-state index contributed by atoms with van der Waals surface area (Å²) in [5, 5.41) is 9.80. The number of carbonyl (C=O) groups is 3. The molecule has 0 fully saturated rings. The molecule has 0 saturated heterocycles. The molecule has 6 heteroatoms. The van der Waals surface area contributed by atoms with E-state index < -0.39 is 23.6 Å². The lowest BCUT2D eigenvalue weighted by molar-refractivity contribution is -0.168. The van der Waals surface area contributed by atoms with Crippen molar-refractivity contribution in [3.63, 3.8) is 0 Å². The number of nitrogens with two attached hydrogens (primary N) is 1. The lowest BCUT2D eigenvalue weighted by Crippen LogP contribution is -2.49. The Labute approximate surface area is 194 Å². The zero-order valence-electron chi connectivity index (χ0n) is 20.4. The number of esters is 1. The second-order valence-corrected chi connectivity index (χ2v) is 8.98. The summed E-state index contributed by atoms with van der Waals surface area (Å²) in [6.45, 7) is 8.78. The minimum atomic E-state index is -1.53. The number of aliphatic hydroxyl groups is 1. The zero-order valence-corrected chi connectivity index (χ0v) is 20.4. The summed E-state index contributed by atoms with van der Waals surface area (Å²) in [5.74, 6) is -1.36. The average molecular weight is 452 g/mol. The summed E-state index contributed by atoms with van der Waals surface area (Å²) in [7, 11) is 0. The van der Waals surface area contributed by atoms with Crippen LogP contribution in [0.25, 0.3) is 0 Å². The van der Waals surface area contributed by atoms with Gasteiger partial charge >= 0.3 is 5.97 Å². The summed E-state index contributed by atoms with van der Waals surface area (Å²) < 4.78 is 5.39. The first-order chi connectivity index (χ1) is 15.2. The fraction of sp³-hybridized carbons (Fsp3) is 0.731. The highest BCUT2D eigenvalue weighted by molar-refractivity contribution is 5.92. The molecule has 3 N–H and O–H groups in total. The first-order valence-corrected chi connectivity index (χ1v) is 12.2. The molecular weight excluding hydrogens is 406 g/mol. The Morgan fingerprint density at radius 1 is 1.06 bits per heavy atom. The number of allylic oxidation sites excluding steroid dienone is 2. The van der Waals surface area contributed by atoms with E-state index in [0.29, 0.717) is 6.42 Å². The van der Waals surface area contributed by atoms with Crippen molar-refractivity contribution in [2.75, 3.05) is 0 Å². The highest BCUT2D eigenvalue weighted by Gasteiger charge is 2.41. The van der Waals surface area contributed by atoms with E-state index in [1.54, 1.807) is 0 Å². The van der Waals surface area contributed by atoms with Crippen molar-refractivity contribution in [3.05, 3.63) is 24.3 Å². The molecule has 1 amide bonds. The summed E-state index contributed by atoms with van der Waals surface area (Å²) >= 11 is 0. The van der Waals surface area contributed by atoms with Crippen LogP contribution >= 0.6 is 0 Å². The first-order valence-electron chi connectivity index (χ1n) is 12.2. The van der Waals surface area contributed by atoms with Gasteiger partial charge in [-0.3, -0.25) is 4.79 Å². The molecule has 0 aromatic rings. The van der Waals surface area contributed by atoms with Gasteiger partial charge in [0.15, 0.2) is 5.60 Å². The van der Waals surface area contributed by atoms with E-state index >= 15 is 0 Å². The van der Waals surface area contributed by atoms with Crippen LogP contribution in [-0.4, -0.2) is 35.0 Å². The van der Waals surface area contributed by atoms with E-state index in [2.05, 4.69) is 25.7 Å². The van der Waals surface area contributed by atoms with Gasteiger partial charge in [-0.1, -0.05) is 57.8 Å². The third-order valence-corrected chi connectivity index (χ3v) is 5.65. The van der Waals surface area contributed by atoms with E-state index in [1.165, 1.54) is 33.1 Å². The molecule has 0 aliphatic rings. The standard InChI is InChI=1S/C26H45NO5/c1-5-6-7-8-9-10-13-16-23(20-28)17-14-11-12-15-18-26(25(27)31,19-22(4)29)32-24(30)21(2)3/h9-10,20,22-23,29H,2,5-8,11-19H2,1,3-4H3,(H2,27,31). The fourth-order valence-corrected chi connectivity index (χ4v) is 3.72. The summed E-state index contributed by atoms with van der Waals surface area (Å²) in [6, 6.07) is 0. The van der Waals surface area contributed by atoms with Gasteiger partial charge in [0.2, 0.25) is 0 Å². The van der Waals surface area contributed by atoms with Gasteiger partial charge in [-0.2, -0.15) is 0 Å². The minimum Gasteiger partial charge on any atom is -0.446 e. The Balaban J connectivity index is 4.40. The SMILES string of the molecule is C=C(C)C(=O)OC(CCCCCCC(C=O)CCC=CCCCCC)(CC(C)O)C(N)=O. The highest BCUT2D eigenvalue weighted by Crippen LogP contribution is 2.27. The number of hydrogen-bond donors (Lipinski definition) is 2. The summed E-state index contributed by atoms with van der Waals surface area (Å²) in [5.41, 5.74) is 4.21. The molecule has 0 aliphatic carbocycles. The van der Waals surface area contributed by atoms with Crippen LogP contribution in [0, 0.1) is 5.92 Å². The van der Waals surface area contributed by atoms with Gasteiger partial charge in [-0.15, -0.1) is 0 Å². The Morgan fingerprint density at radius 3 is 2.28 bits per heavy atom. The molecule has 0 rings (SSSR count). The molecule has 0 spiro atoms. The van der Waals surface area contributed by atoms with E-state index in [1.807, 2.05) is 0 Å². The Hall–Kier alpha value is -1.95. The molecule has 0 bridgehead atoms. The molecule has 184 valence electrons. The van der Waals surface area contributed by atoms with Crippen LogP contribution in [0.3, 0.4) is 0 Å². The van der Waals surface area contributed by atoms with Crippen molar-refractivity contribution in [1.29, 1.82) is 0 Å². The molecule has 0 aliphatic heterocycles. The predicted molar refractivity (Wildman–Crippen MR) is 129 cm³/mol. The zero-order chi connectivity index (χ0) is 24.4. The number of primary amides is 1. The Kier molecular flexibility index (Phi) is 16.5. The normalized spacial score (nSPS) is 15.1. The number of ether oxygens (including phenoxy) is 1. The van der Waals surface area contributed by atoms with Gasteiger partial charge < -0.3 is 20.4 Å². The van der Waals surface area contributed by atoms with Crippen molar-refractivity contribution in [2.24, 2.45) is 11.7 Å². The summed E-state index contributed by atoms with van der Waals surface area (Å²) in [6.07, 6.45) is 15.6. The van der Waals surface area contributed by atoms with Crippen LogP contribution in [0.4, 0.5) is 0 Å². The van der Waals surface area contributed by atoms with Crippen LogP contribution in [-0.2, 0) is 19.1 Å². The molecule has 3 atom stereocenters. The largest absolute Gasteiger partial charge is 0.446 e. The molecule has 0 aromatic heterocycles. The van der Waals surface area contributed by atoms with Crippen molar-refractivity contribution in [1.82, 2.24) is 0 Å². The van der Waals surface area contributed by atoms with Gasteiger partial charge in [-0.05, 0) is 58.8 Å². The second kappa shape index (κ2) is 17.6. The highest BCUT2D eigenvalue weighted by atomic mass is 16.6. The maximum absolute atomic E-state index is 12.1. The molecule has 3 unspecified atom stereocenters. The number of hydrogen-bond acceptors (Lipinski definition) is 5. The molecule has 0 saturated carbocycles. The third kappa shape index (κ3) is 13.5. The van der Waals surface area contributed by atoms with Gasteiger partial charge in [0.05, 0.1) is 6.10 Å². The van der Waals surface area contributed by atoms with Crippen LogP contribution in [0.5, 0.6) is 0 Å². The average Bonchev–Trinajstić information content (AvgIpc) is 2.72. The molecule has 6 nitrogen and oxygen atoms in total. The Morgan fingerprint density at radius 2 is 1.72 bits per heavy atom. The quantitative estimate of drug-likeness (QED) is 0.0872. The van der Waals surface area contributed by atoms with Crippen LogP contribution in [0.2, 0.25) is 0 Å². The Bertz CT molecular complexity index is 599. The van der Waals surface area contributed by atoms with Gasteiger partial charge in [0.25, 0.3) is 5.91 Å². The number of rotatable bonds is 20. The van der Waals surface area contributed by atoms with Crippen molar-refractivity contribution >= 4 is 18.2 Å².